The van der Waals surface area contributed by atoms with Crippen molar-refractivity contribution < 1.29 is 33.3 Å². The third-order valence-electron chi connectivity index (χ3n) is 8.99. The molecule has 0 unspecified atom stereocenters. The van der Waals surface area contributed by atoms with Crippen LogP contribution in [0.3, 0.4) is 0 Å². The monoisotopic (exact) mass is 690 g/mol. The SMILES string of the molecule is CCN1C[C@H](C)n2c(c(O)c3c(=O)n(Cc4ccc(F)cc4OCc4ccc(OC)cc4)nc(N4CCN(C(=O)OC(C)(C)C)CC4)c32)C1=O. The number of carbonyl (C=O) groups excluding carboxylic acids is 2. The van der Waals surface area contributed by atoms with E-state index in [0.717, 1.165) is 5.56 Å². The molecule has 2 aliphatic heterocycles. The molecule has 2 aliphatic rings. The summed E-state index contributed by atoms with van der Waals surface area (Å²) in [6.45, 7) is 11.5. The Balaban J connectivity index is 1.41. The van der Waals surface area contributed by atoms with Crippen LogP contribution in [0.1, 0.15) is 62.3 Å². The molecule has 1 fully saturated rings. The van der Waals surface area contributed by atoms with E-state index >= 15 is 0 Å². The Bertz CT molecular complexity index is 1980. The molecule has 2 aromatic heterocycles. The lowest BCUT2D eigenvalue weighted by Crippen LogP contribution is -2.50. The fraction of sp³-hybridized carbons (Fsp3) is 0.444. The number of ether oxygens (including phenoxy) is 3. The normalized spacial score (nSPS) is 16.5. The van der Waals surface area contributed by atoms with Crippen LogP contribution in [-0.2, 0) is 17.9 Å². The van der Waals surface area contributed by atoms with Crippen molar-refractivity contribution in [2.24, 2.45) is 0 Å². The predicted octanol–water partition coefficient (Wildman–Crippen LogP) is 4.77. The molecular formula is C36H43FN6O7. The van der Waals surface area contributed by atoms with E-state index in [1.165, 1.54) is 22.9 Å². The molecule has 2 aromatic carbocycles. The molecule has 266 valence electrons. The lowest BCUT2D eigenvalue weighted by atomic mass is 10.2. The third kappa shape index (κ3) is 6.66. The van der Waals surface area contributed by atoms with Crippen molar-refractivity contribution in [3.05, 3.63) is 75.5 Å². The summed E-state index contributed by atoms with van der Waals surface area (Å²) in [5, 5.41) is 16.4. The maximum atomic E-state index is 14.5. The van der Waals surface area contributed by atoms with Gasteiger partial charge in [-0.2, -0.15) is 0 Å². The largest absolute Gasteiger partial charge is 0.505 e. The van der Waals surface area contributed by atoms with Gasteiger partial charge in [0.15, 0.2) is 17.3 Å². The number of hydrogen-bond acceptors (Lipinski definition) is 9. The topological polar surface area (TPSA) is 132 Å². The van der Waals surface area contributed by atoms with Crippen LogP contribution in [0.5, 0.6) is 17.2 Å². The van der Waals surface area contributed by atoms with Gasteiger partial charge in [-0.15, -0.1) is 5.10 Å². The molecule has 0 bridgehead atoms. The first kappa shape index (κ1) is 34.6. The summed E-state index contributed by atoms with van der Waals surface area (Å²) in [6.07, 6.45) is -0.421. The predicted molar refractivity (Wildman–Crippen MR) is 185 cm³/mol. The molecule has 6 rings (SSSR count). The van der Waals surface area contributed by atoms with E-state index in [2.05, 4.69) is 0 Å². The van der Waals surface area contributed by atoms with Crippen molar-refractivity contribution in [1.82, 2.24) is 24.1 Å². The number of fused-ring (bicyclic) bond motifs is 3. The maximum Gasteiger partial charge on any atom is 0.410 e. The average Bonchev–Trinajstić information content (AvgIpc) is 3.41. The Kier molecular flexibility index (Phi) is 9.38. The van der Waals surface area contributed by atoms with Gasteiger partial charge in [-0.25, -0.2) is 13.9 Å². The summed E-state index contributed by atoms with van der Waals surface area (Å²) < 4.78 is 34.3. The lowest BCUT2D eigenvalue weighted by molar-refractivity contribution is 0.0240. The Morgan fingerprint density at radius 1 is 1.06 bits per heavy atom. The van der Waals surface area contributed by atoms with E-state index in [4.69, 9.17) is 19.3 Å². The van der Waals surface area contributed by atoms with Crippen molar-refractivity contribution in [2.45, 2.75) is 59.4 Å². The summed E-state index contributed by atoms with van der Waals surface area (Å²) in [5.74, 6) is 0.0154. The Labute approximate surface area is 289 Å². The van der Waals surface area contributed by atoms with Crippen LogP contribution in [0, 0.1) is 5.82 Å². The first-order valence-electron chi connectivity index (χ1n) is 16.7. The minimum absolute atomic E-state index is 0.0273. The van der Waals surface area contributed by atoms with Gasteiger partial charge in [0.2, 0.25) is 0 Å². The number of rotatable bonds is 8. The highest BCUT2D eigenvalue weighted by Crippen LogP contribution is 2.40. The molecule has 13 nitrogen and oxygen atoms in total. The van der Waals surface area contributed by atoms with E-state index in [1.807, 2.05) is 51.7 Å². The maximum absolute atomic E-state index is 14.5. The molecule has 1 atom stereocenters. The van der Waals surface area contributed by atoms with Crippen molar-refractivity contribution in [3.63, 3.8) is 0 Å². The van der Waals surface area contributed by atoms with Gasteiger partial charge in [0, 0.05) is 56.9 Å². The van der Waals surface area contributed by atoms with Crippen molar-refractivity contribution in [2.75, 3.05) is 51.3 Å². The zero-order chi connectivity index (χ0) is 35.9. The van der Waals surface area contributed by atoms with Gasteiger partial charge in [-0.3, -0.25) is 9.59 Å². The Morgan fingerprint density at radius 2 is 1.76 bits per heavy atom. The number of anilines is 1. The molecule has 4 aromatic rings. The number of benzene rings is 2. The Hall–Kier alpha value is -5.27. The number of halogens is 1. The molecular weight excluding hydrogens is 647 g/mol. The van der Waals surface area contributed by atoms with Gasteiger partial charge in [0.1, 0.15) is 40.4 Å². The highest BCUT2D eigenvalue weighted by molar-refractivity contribution is 6.07. The highest BCUT2D eigenvalue weighted by atomic mass is 19.1. The lowest BCUT2D eigenvalue weighted by Gasteiger charge is -2.37. The minimum Gasteiger partial charge on any atom is -0.505 e. The quantitative estimate of drug-likeness (QED) is 0.278. The number of carbonyl (C=O) groups is 2. The van der Waals surface area contributed by atoms with Gasteiger partial charge < -0.3 is 38.6 Å². The molecule has 0 spiro atoms. The smallest absolute Gasteiger partial charge is 0.410 e. The molecule has 0 aliphatic carbocycles. The zero-order valence-corrected chi connectivity index (χ0v) is 29.2. The van der Waals surface area contributed by atoms with Crippen LogP contribution in [0.25, 0.3) is 10.9 Å². The van der Waals surface area contributed by atoms with Gasteiger partial charge in [-0.05, 0) is 58.4 Å². The van der Waals surface area contributed by atoms with Crippen molar-refractivity contribution >= 4 is 28.7 Å². The van der Waals surface area contributed by atoms with Gasteiger partial charge >= 0.3 is 6.09 Å². The first-order chi connectivity index (χ1) is 23.8. The van der Waals surface area contributed by atoms with E-state index in [1.54, 1.807) is 33.6 Å². The number of likely N-dealkylation sites (N-methyl/N-ethyl adjacent to an activating group) is 1. The third-order valence-corrected chi connectivity index (χ3v) is 8.99. The van der Waals surface area contributed by atoms with Crippen molar-refractivity contribution in [1.29, 1.82) is 0 Å². The van der Waals surface area contributed by atoms with Crippen LogP contribution in [0.15, 0.2) is 47.3 Å². The number of hydrogen-bond donors (Lipinski definition) is 1. The van der Waals surface area contributed by atoms with Gasteiger partial charge in [0.25, 0.3) is 11.5 Å². The van der Waals surface area contributed by atoms with Crippen LogP contribution in [0.4, 0.5) is 15.0 Å². The molecule has 1 saturated heterocycles. The molecule has 4 heterocycles. The number of aromatic nitrogens is 3. The van der Waals surface area contributed by atoms with E-state index in [9.17, 15) is 23.9 Å². The van der Waals surface area contributed by atoms with Gasteiger partial charge in [-0.1, -0.05) is 18.2 Å². The van der Waals surface area contributed by atoms with Crippen LogP contribution < -0.4 is 19.9 Å². The van der Waals surface area contributed by atoms with E-state index in [-0.39, 0.29) is 41.9 Å². The van der Waals surface area contributed by atoms with Gasteiger partial charge in [0.05, 0.1) is 13.7 Å². The number of nitrogens with zero attached hydrogens (tertiary/aromatic N) is 6. The summed E-state index contributed by atoms with van der Waals surface area (Å²) in [5.41, 5.74) is 0.456. The van der Waals surface area contributed by atoms with Crippen molar-refractivity contribution in [3.8, 4) is 17.2 Å². The fourth-order valence-electron chi connectivity index (χ4n) is 6.47. The summed E-state index contributed by atoms with van der Waals surface area (Å²) in [4.78, 5) is 45.9. The second-order valence-electron chi connectivity index (χ2n) is 13.6. The fourth-order valence-corrected chi connectivity index (χ4v) is 6.47. The van der Waals surface area contributed by atoms with Crippen LogP contribution >= 0.6 is 0 Å². The number of aromatic hydroxyl groups is 1. The highest BCUT2D eigenvalue weighted by Gasteiger charge is 2.38. The standard InChI is InChI=1S/C36H43FN6O7/c1-7-39-19-22(2)43-29-28(31(44)30(43)34(39)46)33(45)42(38-32(29)40-14-16-41(17-15-40)35(47)50-36(3,4)5)20-24-10-11-25(37)18-27(24)49-21-23-8-12-26(48-6)13-9-23/h8-13,18,22,44H,7,14-17,19-21H2,1-6H3/t22-/m0/s1. The summed E-state index contributed by atoms with van der Waals surface area (Å²) >= 11 is 0. The molecule has 50 heavy (non-hydrogen) atoms. The average molecular weight is 691 g/mol. The molecule has 1 N–H and O–H groups in total. The van der Waals surface area contributed by atoms with E-state index < -0.39 is 28.8 Å². The second-order valence-corrected chi connectivity index (χ2v) is 13.6. The van der Waals surface area contributed by atoms with Crippen LogP contribution in [0.2, 0.25) is 0 Å². The molecule has 0 radical (unpaired) electrons. The first-order valence-corrected chi connectivity index (χ1v) is 16.7. The number of piperazine rings is 1. The zero-order valence-electron chi connectivity index (χ0n) is 29.2. The van der Waals surface area contributed by atoms with Crippen LogP contribution in [-0.4, -0.2) is 93.2 Å². The summed E-state index contributed by atoms with van der Waals surface area (Å²) in [6, 6.07) is 11.1. The summed E-state index contributed by atoms with van der Waals surface area (Å²) in [7, 11) is 1.58. The Morgan fingerprint density at radius 3 is 2.40 bits per heavy atom. The van der Waals surface area contributed by atoms with E-state index in [0.29, 0.717) is 61.9 Å². The molecule has 14 heteroatoms. The second kappa shape index (κ2) is 13.6. The minimum atomic E-state index is -0.646. The number of amides is 2. The number of methoxy groups -OCH3 is 1. The molecule has 0 saturated carbocycles. The molecule has 2 amide bonds.